The Balaban J connectivity index is 2.02. The van der Waals surface area contributed by atoms with E-state index in [0.717, 1.165) is 12.0 Å². The van der Waals surface area contributed by atoms with E-state index >= 15 is 0 Å². The number of hydrogen-bond acceptors (Lipinski definition) is 3. The third kappa shape index (κ3) is 1.62. The maximum absolute atomic E-state index is 9.95. The van der Waals surface area contributed by atoms with Crippen molar-refractivity contribution >= 4 is 5.82 Å². The number of rotatable bonds is 3. The Morgan fingerprint density at radius 3 is 2.86 bits per heavy atom. The molecule has 2 rings (SSSR count). The molecule has 1 heterocycles. The van der Waals surface area contributed by atoms with Gasteiger partial charge >= 0.3 is 0 Å². The molecular formula is C10H17N3O. The highest BCUT2D eigenvalue weighted by Gasteiger charge is 2.34. The van der Waals surface area contributed by atoms with Crippen molar-refractivity contribution in [2.75, 3.05) is 5.73 Å². The number of anilines is 1. The number of aliphatic hydroxyl groups is 1. The molecule has 78 valence electrons. The van der Waals surface area contributed by atoms with Gasteiger partial charge in [-0.3, -0.25) is 5.10 Å². The van der Waals surface area contributed by atoms with Crippen LogP contribution in [0, 0.1) is 5.41 Å². The molecule has 4 N–H and O–H groups in total. The van der Waals surface area contributed by atoms with Gasteiger partial charge < -0.3 is 10.8 Å². The minimum Gasteiger partial charge on any atom is -0.388 e. The molecular weight excluding hydrogens is 178 g/mol. The molecule has 0 radical (unpaired) electrons. The number of nitrogens with two attached hydrogens (primary N) is 1. The zero-order chi connectivity index (χ0) is 10.2. The molecule has 1 atom stereocenters. The Bertz CT molecular complexity index is 317. The maximum atomic E-state index is 9.95. The second-order valence-electron chi connectivity index (χ2n) is 4.62. The van der Waals surface area contributed by atoms with Gasteiger partial charge in [-0.15, -0.1) is 0 Å². The lowest BCUT2D eigenvalue weighted by atomic mass is 9.67. The Kier molecular flexibility index (Phi) is 2.23. The summed E-state index contributed by atoms with van der Waals surface area (Å²) in [5.41, 5.74) is 6.68. The van der Waals surface area contributed by atoms with Crippen LogP contribution in [0.25, 0.3) is 0 Å². The van der Waals surface area contributed by atoms with Crippen molar-refractivity contribution in [3.8, 4) is 0 Å². The molecule has 1 aromatic heterocycles. The number of nitrogen functional groups attached to an aromatic ring is 1. The summed E-state index contributed by atoms with van der Waals surface area (Å²) in [6, 6.07) is 0. The fourth-order valence-corrected chi connectivity index (χ4v) is 2.13. The number of hydrogen-bond donors (Lipinski definition) is 3. The predicted molar refractivity (Wildman–Crippen MR) is 54.5 cm³/mol. The van der Waals surface area contributed by atoms with Crippen LogP contribution in [0.5, 0.6) is 0 Å². The average molecular weight is 195 g/mol. The van der Waals surface area contributed by atoms with Crippen molar-refractivity contribution in [2.24, 2.45) is 5.41 Å². The van der Waals surface area contributed by atoms with Crippen LogP contribution in [0.3, 0.4) is 0 Å². The summed E-state index contributed by atoms with van der Waals surface area (Å²) in [6.45, 7) is 2.22. The molecule has 1 aliphatic rings. The van der Waals surface area contributed by atoms with Gasteiger partial charge in [0.05, 0.1) is 12.3 Å². The second kappa shape index (κ2) is 3.28. The molecule has 0 spiro atoms. The lowest BCUT2D eigenvalue weighted by molar-refractivity contribution is 0.0550. The van der Waals surface area contributed by atoms with E-state index in [2.05, 4.69) is 17.1 Å². The van der Waals surface area contributed by atoms with Gasteiger partial charge in [-0.2, -0.15) is 5.10 Å². The molecule has 1 unspecified atom stereocenters. The number of nitrogens with zero attached hydrogens (tertiary/aromatic N) is 1. The number of nitrogens with one attached hydrogen (secondary N) is 1. The molecule has 1 aliphatic carbocycles. The first-order chi connectivity index (χ1) is 6.61. The Labute approximate surface area is 83.5 Å². The summed E-state index contributed by atoms with van der Waals surface area (Å²) in [5.74, 6) is 0.487. The minimum absolute atomic E-state index is 0.309. The maximum Gasteiger partial charge on any atom is 0.124 e. The van der Waals surface area contributed by atoms with Crippen molar-refractivity contribution in [2.45, 2.75) is 38.7 Å². The molecule has 4 heteroatoms. The van der Waals surface area contributed by atoms with Gasteiger partial charge in [0.15, 0.2) is 0 Å². The zero-order valence-electron chi connectivity index (χ0n) is 8.45. The average Bonchev–Trinajstić information content (AvgIpc) is 2.48. The SMILES string of the molecule is CC1(CC(O)c2cn[nH]c2N)CCC1. The number of aliphatic hydroxyl groups excluding tert-OH is 1. The largest absolute Gasteiger partial charge is 0.388 e. The zero-order valence-corrected chi connectivity index (χ0v) is 8.45. The van der Waals surface area contributed by atoms with Gasteiger partial charge in [-0.05, 0) is 24.7 Å². The van der Waals surface area contributed by atoms with Crippen molar-refractivity contribution in [1.82, 2.24) is 10.2 Å². The van der Waals surface area contributed by atoms with Gasteiger partial charge in [0, 0.05) is 5.56 Å². The van der Waals surface area contributed by atoms with E-state index in [0.29, 0.717) is 11.2 Å². The molecule has 4 nitrogen and oxygen atoms in total. The molecule has 0 saturated heterocycles. The molecule has 0 aliphatic heterocycles. The van der Waals surface area contributed by atoms with Crippen LogP contribution in [-0.2, 0) is 0 Å². The fraction of sp³-hybridized carbons (Fsp3) is 0.700. The molecule has 1 aromatic rings. The van der Waals surface area contributed by atoms with E-state index < -0.39 is 6.10 Å². The molecule has 14 heavy (non-hydrogen) atoms. The van der Waals surface area contributed by atoms with Crippen molar-refractivity contribution in [3.63, 3.8) is 0 Å². The van der Waals surface area contributed by atoms with Crippen LogP contribution in [0.4, 0.5) is 5.82 Å². The van der Waals surface area contributed by atoms with E-state index in [1.807, 2.05) is 0 Å². The monoisotopic (exact) mass is 195 g/mol. The first-order valence-electron chi connectivity index (χ1n) is 5.07. The van der Waals surface area contributed by atoms with Crippen molar-refractivity contribution in [3.05, 3.63) is 11.8 Å². The van der Waals surface area contributed by atoms with Crippen LogP contribution >= 0.6 is 0 Å². The summed E-state index contributed by atoms with van der Waals surface area (Å²) in [4.78, 5) is 0. The normalized spacial score (nSPS) is 21.6. The number of aromatic amines is 1. The van der Waals surface area contributed by atoms with Gasteiger partial charge in [-0.1, -0.05) is 13.3 Å². The van der Waals surface area contributed by atoms with E-state index in [1.165, 1.54) is 19.3 Å². The lowest BCUT2D eigenvalue weighted by Crippen LogP contribution is -2.27. The summed E-state index contributed by atoms with van der Waals surface area (Å²) in [5, 5.41) is 16.4. The highest BCUT2D eigenvalue weighted by molar-refractivity contribution is 5.38. The smallest absolute Gasteiger partial charge is 0.124 e. The second-order valence-corrected chi connectivity index (χ2v) is 4.62. The van der Waals surface area contributed by atoms with Crippen LogP contribution < -0.4 is 5.73 Å². The molecule has 1 saturated carbocycles. The van der Waals surface area contributed by atoms with Crippen LogP contribution in [0.2, 0.25) is 0 Å². The lowest BCUT2D eigenvalue weighted by Gasteiger charge is -2.39. The molecule has 0 aromatic carbocycles. The molecule has 1 fully saturated rings. The third-order valence-electron chi connectivity index (χ3n) is 3.31. The molecule has 0 amide bonds. The van der Waals surface area contributed by atoms with Crippen LogP contribution in [-0.4, -0.2) is 15.3 Å². The Hall–Kier alpha value is -1.03. The van der Waals surface area contributed by atoms with Crippen molar-refractivity contribution in [1.29, 1.82) is 0 Å². The standard InChI is InChI=1S/C10H17N3O/c1-10(3-2-4-10)5-8(14)7-6-12-13-9(7)11/h6,8,14H,2-5H2,1H3,(H3,11,12,13). The van der Waals surface area contributed by atoms with E-state index in [4.69, 9.17) is 5.73 Å². The molecule has 0 bridgehead atoms. The first-order valence-corrected chi connectivity index (χ1v) is 5.07. The van der Waals surface area contributed by atoms with Crippen molar-refractivity contribution < 1.29 is 5.11 Å². The van der Waals surface area contributed by atoms with Gasteiger partial charge in [0.1, 0.15) is 5.82 Å². The van der Waals surface area contributed by atoms with E-state index in [9.17, 15) is 5.11 Å². The van der Waals surface area contributed by atoms with Gasteiger partial charge in [-0.25, -0.2) is 0 Å². The van der Waals surface area contributed by atoms with E-state index in [1.54, 1.807) is 6.20 Å². The fourth-order valence-electron chi connectivity index (χ4n) is 2.13. The van der Waals surface area contributed by atoms with Crippen LogP contribution in [0.1, 0.15) is 44.3 Å². The third-order valence-corrected chi connectivity index (χ3v) is 3.31. The Morgan fingerprint density at radius 1 is 1.71 bits per heavy atom. The Morgan fingerprint density at radius 2 is 2.43 bits per heavy atom. The quantitative estimate of drug-likeness (QED) is 0.685. The van der Waals surface area contributed by atoms with Gasteiger partial charge in [0.2, 0.25) is 0 Å². The minimum atomic E-state index is -0.473. The summed E-state index contributed by atoms with van der Waals surface area (Å²) < 4.78 is 0. The number of H-pyrrole nitrogens is 1. The predicted octanol–water partition coefficient (Wildman–Crippen LogP) is 1.61. The number of aromatic nitrogens is 2. The topological polar surface area (TPSA) is 74.9 Å². The van der Waals surface area contributed by atoms with E-state index in [-0.39, 0.29) is 0 Å². The highest BCUT2D eigenvalue weighted by Crippen LogP contribution is 2.46. The summed E-state index contributed by atoms with van der Waals surface area (Å²) >= 11 is 0. The summed E-state index contributed by atoms with van der Waals surface area (Å²) in [6.07, 6.45) is 5.63. The summed E-state index contributed by atoms with van der Waals surface area (Å²) in [7, 11) is 0. The van der Waals surface area contributed by atoms with Gasteiger partial charge in [0.25, 0.3) is 0 Å². The first kappa shape index (κ1) is 9.52. The highest BCUT2D eigenvalue weighted by atomic mass is 16.3. The van der Waals surface area contributed by atoms with Crippen LogP contribution in [0.15, 0.2) is 6.20 Å².